The molecule has 2 amide bonds. The minimum Gasteiger partial charge on any atom is -0.477 e. The molecule has 1 unspecified atom stereocenters. The number of fused-ring (bicyclic) bond motifs is 1. The van der Waals surface area contributed by atoms with Crippen LogP contribution in [0.1, 0.15) is 11.1 Å². The number of piperazine rings is 1. The Bertz CT molecular complexity index is 940. The fraction of sp³-hybridized carbons (Fsp3) is 0.417. The van der Waals surface area contributed by atoms with Gasteiger partial charge >= 0.3 is 0 Å². The summed E-state index contributed by atoms with van der Waals surface area (Å²) in [4.78, 5) is 31.5. The second-order valence-electron chi connectivity index (χ2n) is 8.21. The van der Waals surface area contributed by atoms with Crippen LogP contribution in [0.2, 0.25) is 0 Å². The number of aryl methyl sites for hydroxylation is 1. The SMILES string of the molecule is CNC(=O)C1CN(CC(=O)N2CCN(Cc3cccc(C)c3)CC2)c2ccccc2O1. The molecule has 2 aliphatic rings. The van der Waals surface area contributed by atoms with Crippen molar-refractivity contribution >= 4 is 17.5 Å². The van der Waals surface area contributed by atoms with Gasteiger partial charge in [0.15, 0.2) is 6.10 Å². The van der Waals surface area contributed by atoms with Gasteiger partial charge in [-0.1, -0.05) is 42.0 Å². The number of nitrogens with one attached hydrogen (secondary N) is 1. The smallest absolute Gasteiger partial charge is 0.262 e. The lowest BCUT2D eigenvalue weighted by Gasteiger charge is -2.38. The molecule has 0 bridgehead atoms. The first-order valence-corrected chi connectivity index (χ1v) is 10.8. The zero-order valence-corrected chi connectivity index (χ0v) is 18.2. The zero-order valence-electron chi connectivity index (χ0n) is 18.2. The van der Waals surface area contributed by atoms with E-state index in [0.717, 1.165) is 38.4 Å². The third-order valence-corrected chi connectivity index (χ3v) is 5.94. The molecule has 0 aromatic heterocycles. The summed E-state index contributed by atoms with van der Waals surface area (Å²) in [5.74, 6) is 0.539. The predicted octanol–water partition coefficient (Wildman–Crippen LogP) is 1.65. The molecule has 0 spiro atoms. The van der Waals surface area contributed by atoms with Crippen molar-refractivity contribution in [3.63, 3.8) is 0 Å². The summed E-state index contributed by atoms with van der Waals surface area (Å²) in [6.45, 7) is 6.78. The van der Waals surface area contributed by atoms with Crippen LogP contribution in [0, 0.1) is 6.92 Å². The number of ether oxygens (including phenoxy) is 1. The fourth-order valence-corrected chi connectivity index (χ4v) is 4.24. The van der Waals surface area contributed by atoms with Crippen LogP contribution in [0.5, 0.6) is 5.75 Å². The summed E-state index contributed by atoms with van der Waals surface area (Å²) in [5, 5.41) is 2.64. The molecule has 2 heterocycles. The van der Waals surface area contributed by atoms with Crippen molar-refractivity contribution in [3.05, 3.63) is 59.7 Å². The third kappa shape index (κ3) is 4.99. The highest BCUT2D eigenvalue weighted by atomic mass is 16.5. The lowest BCUT2D eigenvalue weighted by atomic mass is 10.1. The van der Waals surface area contributed by atoms with Crippen LogP contribution < -0.4 is 15.0 Å². The number of nitrogens with zero attached hydrogens (tertiary/aromatic N) is 3. The van der Waals surface area contributed by atoms with E-state index >= 15 is 0 Å². The van der Waals surface area contributed by atoms with Gasteiger partial charge in [-0.15, -0.1) is 0 Å². The van der Waals surface area contributed by atoms with Gasteiger partial charge < -0.3 is 19.9 Å². The van der Waals surface area contributed by atoms with Gasteiger partial charge in [0.2, 0.25) is 5.91 Å². The Morgan fingerprint density at radius 2 is 1.84 bits per heavy atom. The van der Waals surface area contributed by atoms with E-state index in [2.05, 4.69) is 41.4 Å². The minimum absolute atomic E-state index is 0.0857. The lowest BCUT2D eigenvalue weighted by Crippen LogP contribution is -2.54. The van der Waals surface area contributed by atoms with Crippen molar-refractivity contribution in [2.45, 2.75) is 19.6 Å². The molecule has 2 aromatic rings. The number of carbonyl (C=O) groups excluding carboxylic acids is 2. The van der Waals surface area contributed by atoms with E-state index in [-0.39, 0.29) is 18.4 Å². The summed E-state index contributed by atoms with van der Waals surface area (Å²) in [6.07, 6.45) is -0.626. The van der Waals surface area contributed by atoms with Gasteiger partial charge in [-0.3, -0.25) is 14.5 Å². The quantitative estimate of drug-likeness (QED) is 0.794. The van der Waals surface area contributed by atoms with Crippen molar-refractivity contribution in [2.75, 3.05) is 51.2 Å². The van der Waals surface area contributed by atoms with Gasteiger partial charge in [0, 0.05) is 39.8 Å². The average molecular weight is 423 g/mol. The van der Waals surface area contributed by atoms with Gasteiger partial charge in [-0.05, 0) is 24.6 Å². The van der Waals surface area contributed by atoms with E-state index in [1.54, 1.807) is 7.05 Å². The molecular formula is C24H30N4O3. The number of hydrogen-bond acceptors (Lipinski definition) is 5. The molecule has 7 heteroatoms. The highest BCUT2D eigenvalue weighted by molar-refractivity contribution is 5.86. The monoisotopic (exact) mass is 422 g/mol. The van der Waals surface area contributed by atoms with Crippen LogP contribution in [0.3, 0.4) is 0 Å². The van der Waals surface area contributed by atoms with E-state index in [4.69, 9.17) is 4.74 Å². The molecule has 31 heavy (non-hydrogen) atoms. The molecule has 7 nitrogen and oxygen atoms in total. The number of amides is 2. The van der Waals surface area contributed by atoms with Crippen molar-refractivity contribution in [1.29, 1.82) is 0 Å². The van der Waals surface area contributed by atoms with E-state index in [0.29, 0.717) is 12.3 Å². The van der Waals surface area contributed by atoms with E-state index in [1.807, 2.05) is 34.1 Å². The lowest BCUT2D eigenvalue weighted by molar-refractivity contribution is -0.132. The number of para-hydroxylation sites is 2. The first-order valence-electron chi connectivity index (χ1n) is 10.8. The average Bonchev–Trinajstić information content (AvgIpc) is 2.79. The summed E-state index contributed by atoms with van der Waals surface area (Å²) < 4.78 is 5.84. The Kier molecular flexibility index (Phi) is 6.42. The summed E-state index contributed by atoms with van der Waals surface area (Å²) in [5.41, 5.74) is 3.44. The molecule has 2 aromatic carbocycles. The predicted molar refractivity (Wildman–Crippen MR) is 120 cm³/mol. The maximum absolute atomic E-state index is 13.1. The number of likely N-dealkylation sites (N-methyl/N-ethyl adjacent to an activating group) is 1. The maximum Gasteiger partial charge on any atom is 0.262 e. The van der Waals surface area contributed by atoms with Crippen LogP contribution in [-0.4, -0.2) is 74.0 Å². The van der Waals surface area contributed by atoms with E-state index in [9.17, 15) is 9.59 Å². The van der Waals surface area contributed by atoms with Gasteiger partial charge in [-0.25, -0.2) is 0 Å². The molecule has 1 fully saturated rings. The molecule has 1 N–H and O–H groups in total. The topological polar surface area (TPSA) is 65.1 Å². The summed E-state index contributed by atoms with van der Waals surface area (Å²) in [6, 6.07) is 16.1. The highest BCUT2D eigenvalue weighted by Crippen LogP contribution is 2.33. The largest absolute Gasteiger partial charge is 0.477 e. The molecular weight excluding hydrogens is 392 g/mol. The van der Waals surface area contributed by atoms with Gasteiger partial charge in [0.1, 0.15) is 5.75 Å². The van der Waals surface area contributed by atoms with Crippen LogP contribution in [0.4, 0.5) is 5.69 Å². The minimum atomic E-state index is -0.626. The molecule has 1 atom stereocenters. The second-order valence-corrected chi connectivity index (χ2v) is 8.21. The summed E-state index contributed by atoms with van der Waals surface area (Å²) in [7, 11) is 1.60. The third-order valence-electron chi connectivity index (χ3n) is 5.94. The van der Waals surface area contributed by atoms with Crippen LogP contribution in [0.15, 0.2) is 48.5 Å². The Morgan fingerprint density at radius 1 is 1.06 bits per heavy atom. The number of anilines is 1. The summed E-state index contributed by atoms with van der Waals surface area (Å²) >= 11 is 0. The van der Waals surface area contributed by atoms with E-state index in [1.165, 1.54) is 11.1 Å². The number of carbonyl (C=O) groups is 2. The van der Waals surface area contributed by atoms with Crippen LogP contribution in [0.25, 0.3) is 0 Å². The molecule has 0 aliphatic carbocycles. The van der Waals surface area contributed by atoms with Crippen molar-refractivity contribution in [2.24, 2.45) is 0 Å². The van der Waals surface area contributed by atoms with Crippen molar-refractivity contribution in [1.82, 2.24) is 15.1 Å². The molecule has 1 saturated heterocycles. The first-order chi connectivity index (χ1) is 15.0. The van der Waals surface area contributed by atoms with Gasteiger partial charge in [-0.2, -0.15) is 0 Å². The van der Waals surface area contributed by atoms with E-state index < -0.39 is 6.10 Å². The Morgan fingerprint density at radius 3 is 2.58 bits per heavy atom. The Hall–Kier alpha value is -3.06. The molecule has 0 saturated carbocycles. The molecule has 164 valence electrons. The van der Waals surface area contributed by atoms with Crippen molar-refractivity contribution in [3.8, 4) is 5.75 Å². The standard InChI is InChI=1S/C24H30N4O3/c1-18-6-5-7-19(14-18)15-26-10-12-27(13-11-26)23(29)17-28-16-22(24(30)25-2)31-21-9-4-3-8-20(21)28/h3-9,14,22H,10-13,15-17H2,1-2H3,(H,25,30). The van der Waals surface area contributed by atoms with Crippen molar-refractivity contribution < 1.29 is 14.3 Å². The Balaban J connectivity index is 1.35. The number of benzene rings is 2. The number of hydrogen-bond donors (Lipinski definition) is 1. The second kappa shape index (κ2) is 9.39. The van der Waals surface area contributed by atoms with Gasteiger partial charge in [0.25, 0.3) is 5.91 Å². The zero-order chi connectivity index (χ0) is 21.8. The highest BCUT2D eigenvalue weighted by Gasteiger charge is 2.32. The maximum atomic E-state index is 13.1. The van der Waals surface area contributed by atoms with Crippen LogP contribution >= 0.6 is 0 Å². The van der Waals surface area contributed by atoms with Gasteiger partial charge in [0.05, 0.1) is 18.8 Å². The molecule has 0 radical (unpaired) electrons. The molecule has 4 rings (SSSR count). The van der Waals surface area contributed by atoms with Crippen LogP contribution in [-0.2, 0) is 16.1 Å². The Labute approximate surface area is 183 Å². The molecule has 2 aliphatic heterocycles. The first kappa shape index (κ1) is 21.2. The fourth-order valence-electron chi connectivity index (χ4n) is 4.24. The number of rotatable bonds is 5. The normalized spacial score (nSPS) is 18.8.